The van der Waals surface area contributed by atoms with Crippen LogP contribution in [0, 0.1) is 12.3 Å². The molecule has 0 bridgehead atoms. The van der Waals surface area contributed by atoms with Crippen molar-refractivity contribution in [1.82, 2.24) is 0 Å². The first-order valence-corrected chi connectivity index (χ1v) is 9.32. The topological polar surface area (TPSA) is 55.8 Å². The van der Waals surface area contributed by atoms with Crippen LogP contribution in [0.15, 0.2) is 42.5 Å². The molecule has 3 rings (SSSR count). The van der Waals surface area contributed by atoms with Crippen LogP contribution in [0.2, 0.25) is 5.02 Å². The highest BCUT2D eigenvalue weighted by atomic mass is 35.5. The predicted molar refractivity (Wildman–Crippen MR) is 107 cm³/mol. The number of hydrogen-bond donors (Lipinski definition) is 0. The minimum atomic E-state index is -0.515. The van der Waals surface area contributed by atoms with Gasteiger partial charge in [-0.25, -0.2) is 4.90 Å². The van der Waals surface area contributed by atoms with Crippen molar-refractivity contribution in [3.63, 3.8) is 0 Å². The molecular formula is C20H16ClNO4S. The fourth-order valence-corrected chi connectivity index (χ4v) is 3.94. The van der Waals surface area contributed by atoms with Crippen molar-refractivity contribution in [3.8, 4) is 23.8 Å². The van der Waals surface area contributed by atoms with Crippen molar-refractivity contribution in [2.75, 3.05) is 18.6 Å². The number of nitrogens with zero attached hydrogens (tertiary/aromatic N) is 1. The maximum atomic E-state index is 12.8. The standard InChI is InChI=1S/C20H16ClNO4S/c1-3-9-26-16-8-7-13(10-17(16)25-2)11-18-19(23)22(20(24)27-18)15-6-4-5-14(21)12-15/h1,4-8,10,12,18H,9,11H2,2H3/t18-/m1/s1. The molecule has 7 heteroatoms. The lowest BCUT2D eigenvalue weighted by Gasteiger charge is -2.15. The van der Waals surface area contributed by atoms with Gasteiger partial charge in [-0.3, -0.25) is 9.59 Å². The Labute approximate surface area is 166 Å². The first kappa shape index (κ1) is 19.2. The van der Waals surface area contributed by atoms with Crippen LogP contribution in [-0.4, -0.2) is 30.1 Å². The van der Waals surface area contributed by atoms with Gasteiger partial charge in [-0.1, -0.05) is 41.4 Å². The Morgan fingerprint density at radius 3 is 2.74 bits per heavy atom. The molecule has 1 heterocycles. The summed E-state index contributed by atoms with van der Waals surface area (Å²) >= 11 is 6.98. The van der Waals surface area contributed by atoms with E-state index in [0.717, 1.165) is 17.3 Å². The van der Waals surface area contributed by atoms with E-state index in [0.29, 0.717) is 28.6 Å². The van der Waals surface area contributed by atoms with E-state index in [2.05, 4.69) is 5.92 Å². The van der Waals surface area contributed by atoms with Gasteiger partial charge in [0, 0.05) is 5.02 Å². The minimum absolute atomic E-state index is 0.135. The number of terminal acetylenes is 1. The second-order valence-corrected chi connectivity index (χ2v) is 7.30. The summed E-state index contributed by atoms with van der Waals surface area (Å²) in [5, 5.41) is -0.360. The number of methoxy groups -OCH3 is 1. The van der Waals surface area contributed by atoms with Crippen LogP contribution in [0.25, 0.3) is 0 Å². The summed E-state index contributed by atoms with van der Waals surface area (Å²) < 4.78 is 10.7. The van der Waals surface area contributed by atoms with Crippen molar-refractivity contribution in [2.45, 2.75) is 11.7 Å². The molecule has 5 nitrogen and oxygen atoms in total. The highest BCUT2D eigenvalue weighted by Crippen LogP contribution is 2.36. The lowest BCUT2D eigenvalue weighted by Crippen LogP contribution is -2.32. The Bertz CT molecular complexity index is 924. The Balaban J connectivity index is 1.77. The average Bonchev–Trinajstić information content (AvgIpc) is 2.93. The molecule has 2 amide bonds. The molecule has 0 aliphatic carbocycles. The monoisotopic (exact) mass is 401 g/mol. The molecule has 0 unspecified atom stereocenters. The maximum absolute atomic E-state index is 12.8. The van der Waals surface area contributed by atoms with Crippen LogP contribution in [0.4, 0.5) is 10.5 Å². The number of hydrogen-bond acceptors (Lipinski definition) is 5. The Morgan fingerprint density at radius 2 is 2.04 bits per heavy atom. The van der Waals surface area contributed by atoms with Gasteiger partial charge in [0.25, 0.3) is 5.24 Å². The first-order chi connectivity index (χ1) is 13.0. The predicted octanol–water partition coefficient (Wildman–Crippen LogP) is 4.17. The molecule has 1 aliphatic heterocycles. The summed E-state index contributed by atoms with van der Waals surface area (Å²) in [6, 6.07) is 12.0. The number of ether oxygens (including phenoxy) is 2. The molecule has 1 saturated heterocycles. The zero-order valence-electron chi connectivity index (χ0n) is 14.5. The number of benzene rings is 2. The number of amides is 2. The molecule has 27 heavy (non-hydrogen) atoms. The second-order valence-electron chi connectivity index (χ2n) is 5.71. The number of thioether (sulfide) groups is 1. The molecule has 0 saturated carbocycles. The van der Waals surface area contributed by atoms with Gasteiger partial charge in [-0.05, 0) is 42.3 Å². The minimum Gasteiger partial charge on any atom is -0.493 e. The van der Waals surface area contributed by atoms with Crippen LogP contribution in [0.5, 0.6) is 11.5 Å². The van der Waals surface area contributed by atoms with E-state index in [1.807, 2.05) is 6.07 Å². The summed E-state index contributed by atoms with van der Waals surface area (Å²) in [7, 11) is 1.53. The summed E-state index contributed by atoms with van der Waals surface area (Å²) in [6.45, 7) is 0.135. The summed E-state index contributed by atoms with van der Waals surface area (Å²) in [5.41, 5.74) is 1.33. The van der Waals surface area contributed by atoms with Crippen molar-refractivity contribution in [2.24, 2.45) is 0 Å². The second kappa shape index (κ2) is 8.38. The quantitative estimate of drug-likeness (QED) is 0.680. The van der Waals surface area contributed by atoms with E-state index in [9.17, 15) is 9.59 Å². The van der Waals surface area contributed by atoms with Gasteiger partial charge in [0.2, 0.25) is 5.91 Å². The smallest absolute Gasteiger partial charge is 0.293 e. The SMILES string of the molecule is C#CCOc1ccc(C[C@H]2SC(=O)N(c3cccc(Cl)c3)C2=O)cc1OC. The molecule has 0 radical (unpaired) electrons. The van der Waals surface area contributed by atoms with Crippen LogP contribution in [0.1, 0.15) is 5.56 Å². The number of rotatable bonds is 6. The third-order valence-corrected chi connectivity index (χ3v) is 5.22. The molecule has 0 aromatic heterocycles. The Kier molecular flexibility index (Phi) is 5.94. The third-order valence-electron chi connectivity index (χ3n) is 3.95. The molecule has 1 fully saturated rings. The maximum Gasteiger partial charge on any atom is 0.293 e. The molecule has 138 valence electrons. The van der Waals surface area contributed by atoms with Crippen LogP contribution < -0.4 is 14.4 Å². The lowest BCUT2D eigenvalue weighted by atomic mass is 10.1. The van der Waals surface area contributed by atoms with Crippen molar-refractivity contribution in [3.05, 3.63) is 53.1 Å². The highest BCUT2D eigenvalue weighted by Gasteiger charge is 2.40. The Hall–Kier alpha value is -2.62. The van der Waals surface area contributed by atoms with E-state index < -0.39 is 5.25 Å². The highest BCUT2D eigenvalue weighted by molar-refractivity contribution is 8.15. The van der Waals surface area contributed by atoms with Gasteiger partial charge in [-0.15, -0.1) is 6.42 Å². The van der Waals surface area contributed by atoms with E-state index in [1.165, 1.54) is 12.0 Å². The fourth-order valence-electron chi connectivity index (χ4n) is 2.73. The van der Waals surface area contributed by atoms with Crippen molar-refractivity contribution < 1.29 is 19.1 Å². The summed E-state index contributed by atoms with van der Waals surface area (Å²) in [5.74, 6) is 3.19. The lowest BCUT2D eigenvalue weighted by molar-refractivity contribution is -0.117. The summed E-state index contributed by atoms with van der Waals surface area (Å²) in [4.78, 5) is 26.3. The van der Waals surface area contributed by atoms with Gasteiger partial charge in [0.1, 0.15) is 6.61 Å². The molecule has 0 spiro atoms. The van der Waals surface area contributed by atoms with E-state index >= 15 is 0 Å². The Morgan fingerprint density at radius 1 is 1.22 bits per heavy atom. The molecule has 1 aliphatic rings. The van der Waals surface area contributed by atoms with Crippen LogP contribution >= 0.6 is 23.4 Å². The van der Waals surface area contributed by atoms with Crippen LogP contribution in [-0.2, 0) is 11.2 Å². The molecule has 1 atom stereocenters. The van der Waals surface area contributed by atoms with Crippen molar-refractivity contribution >= 4 is 40.2 Å². The molecular weight excluding hydrogens is 386 g/mol. The molecule has 2 aromatic carbocycles. The van der Waals surface area contributed by atoms with E-state index in [4.69, 9.17) is 27.5 Å². The fraction of sp³-hybridized carbons (Fsp3) is 0.200. The number of imide groups is 1. The first-order valence-electron chi connectivity index (χ1n) is 8.07. The van der Waals surface area contributed by atoms with Gasteiger partial charge in [0.15, 0.2) is 11.5 Å². The van der Waals surface area contributed by atoms with Gasteiger partial charge >= 0.3 is 0 Å². The van der Waals surface area contributed by atoms with Gasteiger partial charge in [0.05, 0.1) is 18.0 Å². The number of halogens is 1. The van der Waals surface area contributed by atoms with E-state index in [-0.39, 0.29) is 17.8 Å². The average molecular weight is 402 g/mol. The summed E-state index contributed by atoms with van der Waals surface area (Å²) in [6.07, 6.45) is 5.59. The number of anilines is 1. The number of carbonyl (C=O) groups excluding carboxylic acids is 2. The van der Waals surface area contributed by atoms with Gasteiger partial charge in [-0.2, -0.15) is 0 Å². The largest absolute Gasteiger partial charge is 0.493 e. The zero-order chi connectivity index (χ0) is 19.4. The normalized spacial score (nSPS) is 16.3. The van der Waals surface area contributed by atoms with Gasteiger partial charge < -0.3 is 9.47 Å². The van der Waals surface area contributed by atoms with E-state index in [1.54, 1.807) is 36.4 Å². The van der Waals surface area contributed by atoms with Crippen LogP contribution in [0.3, 0.4) is 0 Å². The molecule has 0 N–H and O–H groups in total. The van der Waals surface area contributed by atoms with Crippen molar-refractivity contribution in [1.29, 1.82) is 0 Å². The molecule has 2 aromatic rings. The number of carbonyl (C=O) groups is 2. The third kappa shape index (κ3) is 4.21. The zero-order valence-corrected chi connectivity index (χ0v) is 16.0.